The zero-order chi connectivity index (χ0) is 16.1. The molecular weight excluding hydrogens is 278 g/mol. The fourth-order valence-corrected chi connectivity index (χ4v) is 2.86. The van der Waals surface area contributed by atoms with Gasteiger partial charge in [0.15, 0.2) is 0 Å². The Hall–Kier alpha value is -1.88. The molecule has 1 aromatic rings. The van der Waals surface area contributed by atoms with Crippen LogP contribution in [0.2, 0.25) is 0 Å². The average Bonchev–Trinajstić information content (AvgIpc) is 2.49. The summed E-state index contributed by atoms with van der Waals surface area (Å²) >= 11 is 0. The highest BCUT2D eigenvalue weighted by atomic mass is 16.2. The summed E-state index contributed by atoms with van der Waals surface area (Å²) in [5.41, 5.74) is 2.35. The standard InChI is InChI=1S/C17H25N3O2/c1-12-10-14(7-8-15(12)19-16(21)11-18-3)17(22)20-9-5-4-6-13(20)2/h7-8,10,13,18H,4-6,9,11H2,1-3H3,(H,19,21). The first-order valence-electron chi connectivity index (χ1n) is 7.89. The molecule has 1 aliphatic heterocycles. The summed E-state index contributed by atoms with van der Waals surface area (Å²) in [6.45, 7) is 5.12. The van der Waals surface area contributed by atoms with Crippen molar-refractivity contribution in [2.75, 3.05) is 25.5 Å². The zero-order valence-corrected chi connectivity index (χ0v) is 13.6. The number of hydrogen-bond acceptors (Lipinski definition) is 3. The highest BCUT2D eigenvalue weighted by Gasteiger charge is 2.24. The van der Waals surface area contributed by atoms with E-state index in [0.29, 0.717) is 11.6 Å². The first kappa shape index (κ1) is 16.5. The van der Waals surface area contributed by atoms with Crippen molar-refractivity contribution in [3.8, 4) is 0 Å². The van der Waals surface area contributed by atoms with Crippen molar-refractivity contribution in [1.82, 2.24) is 10.2 Å². The molecule has 0 aromatic heterocycles. The lowest BCUT2D eigenvalue weighted by Crippen LogP contribution is -2.42. The molecule has 2 N–H and O–H groups in total. The summed E-state index contributed by atoms with van der Waals surface area (Å²) in [6.07, 6.45) is 3.34. The van der Waals surface area contributed by atoms with Crippen LogP contribution in [-0.2, 0) is 4.79 Å². The van der Waals surface area contributed by atoms with Gasteiger partial charge < -0.3 is 15.5 Å². The molecule has 2 rings (SSSR count). The lowest BCUT2D eigenvalue weighted by molar-refractivity contribution is -0.115. The number of likely N-dealkylation sites (tertiary alicyclic amines) is 1. The molecule has 1 fully saturated rings. The molecule has 22 heavy (non-hydrogen) atoms. The Balaban J connectivity index is 2.11. The second-order valence-electron chi connectivity index (χ2n) is 5.95. The molecule has 1 atom stereocenters. The monoisotopic (exact) mass is 303 g/mol. The Morgan fingerprint density at radius 3 is 2.73 bits per heavy atom. The molecule has 1 aromatic carbocycles. The first-order valence-corrected chi connectivity index (χ1v) is 7.89. The zero-order valence-electron chi connectivity index (χ0n) is 13.6. The van der Waals surface area contributed by atoms with Gasteiger partial charge in [-0.3, -0.25) is 9.59 Å². The van der Waals surface area contributed by atoms with Crippen LogP contribution in [0.1, 0.15) is 42.1 Å². The number of likely N-dealkylation sites (N-methyl/N-ethyl adjacent to an activating group) is 1. The number of hydrogen-bond donors (Lipinski definition) is 2. The second kappa shape index (κ2) is 7.40. The van der Waals surface area contributed by atoms with E-state index in [-0.39, 0.29) is 18.4 Å². The van der Waals surface area contributed by atoms with Gasteiger partial charge in [-0.25, -0.2) is 0 Å². The van der Waals surface area contributed by atoms with E-state index in [9.17, 15) is 9.59 Å². The third kappa shape index (κ3) is 3.85. The summed E-state index contributed by atoms with van der Waals surface area (Å²) < 4.78 is 0. The molecule has 0 bridgehead atoms. The van der Waals surface area contributed by atoms with Gasteiger partial charge in [0.1, 0.15) is 0 Å². The smallest absolute Gasteiger partial charge is 0.254 e. The molecule has 0 aliphatic carbocycles. The SMILES string of the molecule is CNCC(=O)Nc1ccc(C(=O)N2CCCCC2C)cc1C. The number of carbonyl (C=O) groups excluding carboxylic acids is 2. The molecule has 0 saturated carbocycles. The fraction of sp³-hybridized carbons (Fsp3) is 0.529. The molecule has 0 spiro atoms. The van der Waals surface area contributed by atoms with Crippen LogP contribution in [-0.4, -0.2) is 42.9 Å². The maximum Gasteiger partial charge on any atom is 0.254 e. The van der Waals surface area contributed by atoms with E-state index in [4.69, 9.17) is 0 Å². The van der Waals surface area contributed by atoms with Crippen LogP contribution >= 0.6 is 0 Å². The maximum atomic E-state index is 12.6. The normalized spacial score (nSPS) is 18.1. The van der Waals surface area contributed by atoms with Crippen LogP contribution in [0.15, 0.2) is 18.2 Å². The van der Waals surface area contributed by atoms with Gasteiger partial charge >= 0.3 is 0 Å². The highest BCUT2D eigenvalue weighted by Crippen LogP contribution is 2.22. The molecule has 5 nitrogen and oxygen atoms in total. The van der Waals surface area contributed by atoms with Crippen molar-refractivity contribution < 1.29 is 9.59 Å². The molecule has 1 heterocycles. The largest absolute Gasteiger partial charge is 0.336 e. The molecule has 1 aliphatic rings. The van der Waals surface area contributed by atoms with Crippen LogP contribution in [0, 0.1) is 6.92 Å². The molecule has 5 heteroatoms. The topological polar surface area (TPSA) is 61.4 Å². The number of aryl methyl sites for hydroxylation is 1. The number of benzene rings is 1. The van der Waals surface area contributed by atoms with Crippen molar-refractivity contribution >= 4 is 17.5 Å². The number of amides is 2. The van der Waals surface area contributed by atoms with Gasteiger partial charge in [0.25, 0.3) is 5.91 Å². The second-order valence-corrected chi connectivity index (χ2v) is 5.95. The molecular formula is C17H25N3O2. The Bertz CT molecular complexity index is 557. The van der Waals surface area contributed by atoms with Crippen molar-refractivity contribution in [3.63, 3.8) is 0 Å². The summed E-state index contributed by atoms with van der Waals surface area (Å²) in [5, 5.41) is 5.65. The van der Waals surface area contributed by atoms with Crippen LogP contribution in [0.25, 0.3) is 0 Å². The fourth-order valence-electron chi connectivity index (χ4n) is 2.86. The predicted octanol–water partition coefficient (Wildman–Crippen LogP) is 2.17. The van der Waals surface area contributed by atoms with Gasteiger partial charge in [-0.05, 0) is 63.9 Å². The van der Waals surface area contributed by atoms with E-state index >= 15 is 0 Å². The Morgan fingerprint density at radius 2 is 2.09 bits per heavy atom. The minimum Gasteiger partial charge on any atom is -0.336 e. The van der Waals surface area contributed by atoms with Crippen LogP contribution in [0.5, 0.6) is 0 Å². The number of nitrogens with one attached hydrogen (secondary N) is 2. The van der Waals surface area contributed by atoms with E-state index in [2.05, 4.69) is 17.6 Å². The predicted molar refractivity (Wildman–Crippen MR) is 88.1 cm³/mol. The van der Waals surface area contributed by atoms with Crippen LogP contribution in [0.4, 0.5) is 5.69 Å². The molecule has 1 saturated heterocycles. The quantitative estimate of drug-likeness (QED) is 0.896. The Labute approximate surface area is 132 Å². The molecule has 2 amide bonds. The summed E-state index contributed by atoms with van der Waals surface area (Å²) in [7, 11) is 1.73. The van der Waals surface area contributed by atoms with Gasteiger partial charge in [0.2, 0.25) is 5.91 Å². The van der Waals surface area contributed by atoms with Crippen molar-refractivity contribution in [2.24, 2.45) is 0 Å². The van der Waals surface area contributed by atoms with Crippen LogP contribution in [0.3, 0.4) is 0 Å². The summed E-state index contributed by atoms with van der Waals surface area (Å²) in [5.74, 6) is -0.00210. The van der Waals surface area contributed by atoms with Crippen molar-refractivity contribution in [1.29, 1.82) is 0 Å². The minimum atomic E-state index is -0.0886. The number of carbonyl (C=O) groups is 2. The number of piperidine rings is 1. The van der Waals surface area contributed by atoms with Crippen molar-refractivity contribution in [3.05, 3.63) is 29.3 Å². The summed E-state index contributed by atoms with van der Waals surface area (Å²) in [4.78, 5) is 26.2. The van der Waals surface area contributed by atoms with Gasteiger partial charge in [-0.1, -0.05) is 0 Å². The van der Waals surface area contributed by atoms with Gasteiger partial charge in [-0.15, -0.1) is 0 Å². The lowest BCUT2D eigenvalue weighted by Gasteiger charge is -2.33. The molecule has 1 unspecified atom stereocenters. The number of nitrogens with zero attached hydrogens (tertiary/aromatic N) is 1. The van der Waals surface area contributed by atoms with Gasteiger partial charge in [0.05, 0.1) is 6.54 Å². The minimum absolute atomic E-state index is 0.0865. The van der Waals surface area contributed by atoms with Crippen molar-refractivity contribution in [2.45, 2.75) is 39.2 Å². The Morgan fingerprint density at radius 1 is 1.32 bits per heavy atom. The number of rotatable bonds is 4. The molecule has 0 radical (unpaired) electrons. The average molecular weight is 303 g/mol. The van der Waals surface area contributed by atoms with Crippen LogP contribution < -0.4 is 10.6 Å². The van der Waals surface area contributed by atoms with E-state index in [0.717, 1.165) is 30.6 Å². The summed E-state index contributed by atoms with van der Waals surface area (Å²) in [6, 6.07) is 5.77. The highest BCUT2D eigenvalue weighted by molar-refractivity contribution is 5.97. The third-order valence-electron chi connectivity index (χ3n) is 4.15. The third-order valence-corrected chi connectivity index (χ3v) is 4.15. The van der Waals surface area contributed by atoms with Gasteiger partial charge in [-0.2, -0.15) is 0 Å². The Kier molecular flexibility index (Phi) is 5.55. The van der Waals surface area contributed by atoms with E-state index in [1.807, 2.05) is 24.0 Å². The molecule has 120 valence electrons. The number of anilines is 1. The lowest BCUT2D eigenvalue weighted by atomic mass is 10.0. The maximum absolute atomic E-state index is 12.6. The van der Waals surface area contributed by atoms with E-state index in [1.54, 1.807) is 13.1 Å². The van der Waals surface area contributed by atoms with E-state index < -0.39 is 0 Å². The first-order chi connectivity index (χ1) is 10.5. The van der Waals surface area contributed by atoms with Gasteiger partial charge in [0, 0.05) is 23.8 Å². The van der Waals surface area contributed by atoms with E-state index in [1.165, 1.54) is 6.42 Å².